The number of carbonyl (C=O) groups is 2. The van der Waals surface area contributed by atoms with Crippen molar-refractivity contribution in [2.75, 3.05) is 16.5 Å². The average Bonchev–Trinajstić information content (AvgIpc) is 2.71. The Hall–Kier alpha value is -2.24. The first-order chi connectivity index (χ1) is 11.0. The number of amides is 1. The molecule has 0 aliphatic carbocycles. The Bertz CT molecular complexity index is 674. The lowest BCUT2D eigenvalue weighted by atomic mass is 9.93. The van der Waals surface area contributed by atoms with E-state index in [1.807, 2.05) is 64.6 Å². The lowest BCUT2D eigenvalue weighted by molar-refractivity contribution is -0.157. The molecule has 6 nitrogen and oxygen atoms in total. The van der Waals surface area contributed by atoms with Crippen LogP contribution in [-0.2, 0) is 14.3 Å². The maximum atomic E-state index is 12.5. The van der Waals surface area contributed by atoms with Crippen molar-refractivity contribution in [2.24, 2.45) is 0 Å². The molecule has 0 saturated carbocycles. The fourth-order valence-electron chi connectivity index (χ4n) is 3.00. The van der Waals surface area contributed by atoms with Gasteiger partial charge >= 0.3 is 12.1 Å². The summed E-state index contributed by atoms with van der Waals surface area (Å²) in [6, 6.07) is 5.16. The molecule has 24 heavy (non-hydrogen) atoms. The summed E-state index contributed by atoms with van der Waals surface area (Å²) in [6.07, 6.45) is -0.409. The standard InChI is InChI=1S/C18H24N2O4/c1-17(2,3)23-15(21)14-11-8-7-9-12-13(11)20(14)10-19(12)16(22)24-18(4,5)6/h7-9,14H,10H2,1-6H3. The highest BCUT2D eigenvalue weighted by molar-refractivity contribution is 6.04. The van der Waals surface area contributed by atoms with Gasteiger partial charge in [0.05, 0.1) is 11.4 Å². The van der Waals surface area contributed by atoms with E-state index in [-0.39, 0.29) is 5.97 Å². The molecular weight excluding hydrogens is 308 g/mol. The number of hydrogen-bond donors (Lipinski definition) is 0. The van der Waals surface area contributed by atoms with Gasteiger partial charge < -0.3 is 14.4 Å². The predicted octanol–water partition coefficient (Wildman–Crippen LogP) is 3.60. The van der Waals surface area contributed by atoms with Crippen LogP contribution in [0, 0.1) is 0 Å². The second-order valence-corrected chi connectivity index (χ2v) is 8.17. The molecule has 2 heterocycles. The molecule has 0 spiro atoms. The van der Waals surface area contributed by atoms with Crippen LogP contribution in [-0.4, -0.2) is 29.9 Å². The number of nitrogens with zero attached hydrogens (tertiary/aromatic N) is 2. The molecule has 1 aromatic carbocycles. The zero-order valence-corrected chi connectivity index (χ0v) is 15.0. The van der Waals surface area contributed by atoms with Crippen molar-refractivity contribution in [3.63, 3.8) is 0 Å². The number of benzene rings is 1. The predicted molar refractivity (Wildman–Crippen MR) is 91.1 cm³/mol. The van der Waals surface area contributed by atoms with E-state index in [0.717, 1.165) is 16.9 Å². The van der Waals surface area contributed by atoms with Crippen LogP contribution < -0.4 is 9.80 Å². The summed E-state index contributed by atoms with van der Waals surface area (Å²) in [5.41, 5.74) is 1.48. The van der Waals surface area contributed by atoms with E-state index < -0.39 is 23.3 Å². The molecule has 2 aliphatic heterocycles. The van der Waals surface area contributed by atoms with Crippen molar-refractivity contribution in [1.82, 2.24) is 0 Å². The van der Waals surface area contributed by atoms with Gasteiger partial charge in [-0.15, -0.1) is 0 Å². The van der Waals surface area contributed by atoms with Gasteiger partial charge in [-0.2, -0.15) is 0 Å². The fourth-order valence-corrected chi connectivity index (χ4v) is 3.00. The van der Waals surface area contributed by atoms with Gasteiger partial charge in [-0.3, -0.25) is 4.90 Å². The van der Waals surface area contributed by atoms with Gasteiger partial charge in [0.1, 0.15) is 17.9 Å². The van der Waals surface area contributed by atoms with Crippen molar-refractivity contribution in [3.8, 4) is 0 Å². The van der Waals surface area contributed by atoms with E-state index in [1.165, 1.54) is 0 Å². The fraction of sp³-hybridized carbons (Fsp3) is 0.556. The van der Waals surface area contributed by atoms with Crippen LogP contribution in [0.5, 0.6) is 0 Å². The normalized spacial score (nSPS) is 18.8. The maximum Gasteiger partial charge on any atom is 0.416 e. The van der Waals surface area contributed by atoms with E-state index in [2.05, 4.69) is 0 Å². The third-order valence-corrected chi connectivity index (χ3v) is 3.77. The number of para-hydroxylation sites is 1. The lowest BCUT2D eigenvalue weighted by Gasteiger charge is -2.39. The van der Waals surface area contributed by atoms with Crippen LogP contribution >= 0.6 is 0 Å². The summed E-state index contributed by atoms with van der Waals surface area (Å²) in [5.74, 6) is -0.293. The highest BCUT2D eigenvalue weighted by atomic mass is 16.6. The number of hydrogen-bond acceptors (Lipinski definition) is 5. The Kier molecular flexibility index (Phi) is 3.55. The van der Waals surface area contributed by atoms with Gasteiger partial charge in [-0.1, -0.05) is 12.1 Å². The first-order valence-electron chi connectivity index (χ1n) is 8.11. The number of rotatable bonds is 1. The number of ether oxygens (including phenoxy) is 2. The lowest BCUT2D eigenvalue weighted by Crippen LogP contribution is -2.47. The quantitative estimate of drug-likeness (QED) is 0.735. The van der Waals surface area contributed by atoms with Crippen molar-refractivity contribution in [2.45, 2.75) is 58.8 Å². The molecule has 1 amide bonds. The molecule has 3 rings (SSSR count). The SMILES string of the molecule is CC(C)(C)OC(=O)C1c2cccc3c2N1CN3C(=O)OC(C)(C)C. The molecule has 0 bridgehead atoms. The first kappa shape index (κ1) is 16.6. The summed E-state index contributed by atoms with van der Waals surface area (Å²) >= 11 is 0. The minimum atomic E-state index is -0.569. The molecule has 2 aliphatic rings. The first-order valence-corrected chi connectivity index (χ1v) is 8.11. The van der Waals surface area contributed by atoms with Crippen LogP contribution in [0.3, 0.4) is 0 Å². The number of esters is 1. The Morgan fingerprint density at radius 1 is 1.04 bits per heavy atom. The van der Waals surface area contributed by atoms with Gasteiger partial charge in [0.2, 0.25) is 0 Å². The largest absolute Gasteiger partial charge is 0.458 e. The molecule has 0 radical (unpaired) electrons. The van der Waals surface area contributed by atoms with Crippen LogP contribution in [0.15, 0.2) is 18.2 Å². The van der Waals surface area contributed by atoms with E-state index in [1.54, 1.807) is 4.90 Å². The van der Waals surface area contributed by atoms with E-state index in [4.69, 9.17) is 9.47 Å². The topological polar surface area (TPSA) is 59.1 Å². The van der Waals surface area contributed by atoms with E-state index in [9.17, 15) is 9.59 Å². The highest BCUT2D eigenvalue weighted by Gasteiger charge is 2.50. The van der Waals surface area contributed by atoms with Crippen LogP contribution in [0.1, 0.15) is 53.1 Å². The van der Waals surface area contributed by atoms with Crippen molar-refractivity contribution >= 4 is 23.4 Å². The van der Waals surface area contributed by atoms with Crippen LogP contribution in [0.25, 0.3) is 0 Å². The smallest absolute Gasteiger partial charge is 0.416 e. The molecule has 1 unspecified atom stereocenters. The van der Waals surface area contributed by atoms with Crippen LogP contribution in [0.4, 0.5) is 16.2 Å². The third kappa shape index (κ3) is 2.81. The molecule has 0 N–H and O–H groups in total. The zero-order chi connectivity index (χ0) is 17.9. The number of carbonyl (C=O) groups excluding carboxylic acids is 2. The van der Waals surface area contributed by atoms with Crippen LogP contribution in [0.2, 0.25) is 0 Å². The molecular formula is C18H24N2O4. The molecule has 1 atom stereocenters. The summed E-state index contributed by atoms with van der Waals surface area (Å²) in [6.45, 7) is 11.3. The Labute approximate surface area is 142 Å². The average molecular weight is 332 g/mol. The monoisotopic (exact) mass is 332 g/mol. The minimum Gasteiger partial charge on any atom is -0.458 e. The molecule has 6 heteroatoms. The van der Waals surface area contributed by atoms with Gasteiger partial charge in [-0.25, -0.2) is 9.59 Å². The van der Waals surface area contributed by atoms with Crippen molar-refractivity contribution in [1.29, 1.82) is 0 Å². The third-order valence-electron chi connectivity index (χ3n) is 3.77. The Morgan fingerprint density at radius 3 is 2.25 bits per heavy atom. The van der Waals surface area contributed by atoms with E-state index in [0.29, 0.717) is 6.67 Å². The van der Waals surface area contributed by atoms with Gasteiger partial charge in [-0.05, 0) is 47.6 Å². The zero-order valence-electron chi connectivity index (χ0n) is 15.0. The maximum absolute atomic E-state index is 12.5. The molecule has 0 aromatic heterocycles. The second-order valence-electron chi connectivity index (χ2n) is 8.17. The molecule has 0 fully saturated rings. The minimum absolute atomic E-state index is 0.293. The summed E-state index contributed by atoms with van der Waals surface area (Å²) < 4.78 is 11.0. The van der Waals surface area contributed by atoms with Gasteiger partial charge in [0.15, 0.2) is 6.04 Å². The Morgan fingerprint density at radius 2 is 1.67 bits per heavy atom. The number of anilines is 2. The molecule has 1 aromatic rings. The Balaban J connectivity index is 1.84. The van der Waals surface area contributed by atoms with Crippen molar-refractivity contribution in [3.05, 3.63) is 23.8 Å². The summed E-state index contributed by atoms with van der Waals surface area (Å²) in [4.78, 5) is 28.4. The summed E-state index contributed by atoms with van der Waals surface area (Å²) in [7, 11) is 0. The summed E-state index contributed by atoms with van der Waals surface area (Å²) in [5, 5.41) is 0. The van der Waals surface area contributed by atoms with Crippen molar-refractivity contribution < 1.29 is 19.1 Å². The van der Waals surface area contributed by atoms with Gasteiger partial charge in [0.25, 0.3) is 0 Å². The molecule has 130 valence electrons. The van der Waals surface area contributed by atoms with E-state index >= 15 is 0 Å². The second kappa shape index (κ2) is 5.13. The highest BCUT2D eigenvalue weighted by Crippen LogP contribution is 2.54. The van der Waals surface area contributed by atoms with Gasteiger partial charge in [0, 0.05) is 5.56 Å². The molecule has 0 saturated heterocycles.